The van der Waals surface area contributed by atoms with Crippen LogP contribution < -0.4 is 0 Å². The van der Waals surface area contributed by atoms with Gasteiger partial charge in [-0.3, -0.25) is 0 Å². The highest BCUT2D eigenvalue weighted by molar-refractivity contribution is 5.71. The second-order valence-electron chi connectivity index (χ2n) is 7.32. The minimum atomic E-state index is 0.999. The van der Waals surface area contributed by atoms with E-state index in [9.17, 15) is 0 Å². The van der Waals surface area contributed by atoms with Crippen molar-refractivity contribution >= 4 is 12.2 Å². The van der Waals surface area contributed by atoms with E-state index in [0.717, 1.165) is 22.3 Å². The number of hydrogen-bond donors (Lipinski definition) is 0. The molecule has 0 spiro atoms. The molecule has 0 aliphatic rings. The highest BCUT2D eigenvalue weighted by atomic mass is 14.0. The average Bonchev–Trinajstić information content (AvgIpc) is 2.84. The SMILES string of the molecule is C=Cc1ccc(C#Cc2ccc(-c3ccc(-c4ccccc4)cc3)cc2)cc1/C=C\C. The first-order valence-corrected chi connectivity index (χ1v) is 10.4. The molecule has 0 N–H and O–H groups in total. The molecule has 0 nitrogen and oxygen atoms in total. The second kappa shape index (κ2) is 9.61. The summed E-state index contributed by atoms with van der Waals surface area (Å²) in [5, 5.41) is 0. The average molecular weight is 397 g/mol. The molecule has 0 radical (unpaired) electrons. The van der Waals surface area contributed by atoms with Gasteiger partial charge in [0.05, 0.1) is 0 Å². The summed E-state index contributed by atoms with van der Waals surface area (Å²) in [5.41, 5.74) is 9.12. The summed E-state index contributed by atoms with van der Waals surface area (Å²) in [6, 6.07) is 33.8. The fraction of sp³-hybridized carbons (Fsp3) is 0.0323. The summed E-state index contributed by atoms with van der Waals surface area (Å²) >= 11 is 0. The smallest absolute Gasteiger partial charge is 0.0255 e. The Morgan fingerprint density at radius 3 is 1.68 bits per heavy atom. The Labute approximate surface area is 185 Å². The molecule has 0 unspecified atom stereocenters. The van der Waals surface area contributed by atoms with Crippen molar-refractivity contribution in [2.45, 2.75) is 6.92 Å². The van der Waals surface area contributed by atoms with Crippen LogP contribution in [0.5, 0.6) is 0 Å². The standard InChI is InChI=1S/C31H24/c1-3-8-31-23-25(15-16-26(31)4-2)12-11-24-13-17-28(18-14-24)30-21-19-29(20-22-30)27-9-6-5-7-10-27/h3-10,13-23H,2H2,1H3/b8-3-. The van der Waals surface area contributed by atoms with E-state index < -0.39 is 0 Å². The maximum Gasteiger partial charge on any atom is 0.0255 e. The van der Waals surface area contributed by atoms with E-state index in [1.54, 1.807) is 0 Å². The second-order valence-corrected chi connectivity index (χ2v) is 7.32. The van der Waals surface area contributed by atoms with Crippen LogP contribution in [-0.4, -0.2) is 0 Å². The van der Waals surface area contributed by atoms with Crippen LogP contribution in [0, 0.1) is 11.8 Å². The third kappa shape index (κ3) is 4.92. The maximum atomic E-state index is 3.88. The maximum absolute atomic E-state index is 3.88. The number of allylic oxidation sites excluding steroid dienone is 1. The van der Waals surface area contributed by atoms with Gasteiger partial charge in [0, 0.05) is 11.1 Å². The number of hydrogen-bond acceptors (Lipinski definition) is 0. The van der Waals surface area contributed by atoms with Gasteiger partial charge in [0.2, 0.25) is 0 Å². The predicted octanol–water partition coefficient (Wildman–Crippen LogP) is 8.10. The van der Waals surface area contributed by atoms with Crippen molar-refractivity contribution < 1.29 is 0 Å². The van der Waals surface area contributed by atoms with Gasteiger partial charge in [0.15, 0.2) is 0 Å². The summed E-state index contributed by atoms with van der Waals surface area (Å²) in [6.07, 6.45) is 5.99. The Bertz CT molecular complexity index is 1260. The van der Waals surface area contributed by atoms with Crippen molar-refractivity contribution in [1.82, 2.24) is 0 Å². The van der Waals surface area contributed by atoms with Gasteiger partial charge in [0.25, 0.3) is 0 Å². The summed E-state index contributed by atoms with van der Waals surface area (Å²) in [5.74, 6) is 6.55. The van der Waals surface area contributed by atoms with E-state index in [1.165, 1.54) is 22.3 Å². The lowest BCUT2D eigenvalue weighted by molar-refractivity contribution is 1.56. The van der Waals surface area contributed by atoms with Crippen LogP contribution in [-0.2, 0) is 0 Å². The highest BCUT2D eigenvalue weighted by Gasteiger charge is 2.01. The van der Waals surface area contributed by atoms with E-state index in [2.05, 4.69) is 109 Å². The first-order valence-electron chi connectivity index (χ1n) is 10.4. The van der Waals surface area contributed by atoms with Crippen LogP contribution in [0.15, 0.2) is 110 Å². The lowest BCUT2D eigenvalue weighted by Gasteiger charge is -2.05. The molecule has 4 aromatic rings. The topological polar surface area (TPSA) is 0 Å². The Kier molecular flexibility index (Phi) is 6.26. The molecule has 148 valence electrons. The van der Waals surface area contributed by atoms with E-state index >= 15 is 0 Å². The molecule has 0 aromatic heterocycles. The zero-order valence-electron chi connectivity index (χ0n) is 17.7. The molecule has 0 bridgehead atoms. The van der Waals surface area contributed by atoms with Crippen molar-refractivity contribution in [3.05, 3.63) is 132 Å². The van der Waals surface area contributed by atoms with Crippen LogP contribution in [0.3, 0.4) is 0 Å². The third-order valence-corrected chi connectivity index (χ3v) is 5.21. The van der Waals surface area contributed by atoms with E-state index in [1.807, 2.05) is 31.2 Å². The lowest BCUT2D eigenvalue weighted by Crippen LogP contribution is -1.84. The van der Waals surface area contributed by atoms with Gasteiger partial charge in [-0.2, -0.15) is 0 Å². The van der Waals surface area contributed by atoms with Gasteiger partial charge < -0.3 is 0 Å². The quantitative estimate of drug-likeness (QED) is 0.306. The van der Waals surface area contributed by atoms with Crippen molar-refractivity contribution in [3.63, 3.8) is 0 Å². The number of benzene rings is 4. The normalized spacial score (nSPS) is 10.5. The Morgan fingerprint density at radius 2 is 1.10 bits per heavy atom. The highest BCUT2D eigenvalue weighted by Crippen LogP contribution is 2.25. The van der Waals surface area contributed by atoms with Crippen LogP contribution in [0.25, 0.3) is 34.4 Å². The van der Waals surface area contributed by atoms with Crippen LogP contribution in [0.4, 0.5) is 0 Å². The van der Waals surface area contributed by atoms with Gasteiger partial charge in [-0.1, -0.05) is 109 Å². The van der Waals surface area contributed by atoms with E-state index in [-0.39, 0.29) is 0 Å². The molecule has 0 saturated heterocycles. The predicted molar refractivity (Wildman–Crippen MR) is 135 cm³/mol. The largest absolute Gasteiger partial charge is 0.0984 e. The molecular weight excluding hydrogens is 372 g/mol. The molecule has 0 amide bonds. The van der Waals surface area contributed by atoms with Gasteiger partial charge in [0.1, 0.15) is 0 Å². The van der Waals surface area contributed by atoms with Crippen molar-refractivity contribution in [2.75, 3.05) is 0 Å². The Morgan fingerprint density at radius 1 is 0.581 bits per heavy atom. The fourth-order valence-electron chi connectivity index (χ4n) is 3.54. The molecule has 0 heterocycles. The molecule has 4 aromatic carbocycles. The Balaban J connectivity index is 1.52. The zero-order valence-corrected chi connectivity index (χ0v) is 17.7. The van der Waals surface area contributed by atoms with Crippen molar-refractivity contribution in [2.24, 2.45) is 0 Å². The van der Waals surface area contributed by atoms with E-state index in [0.29, 0.717) is 0 Å². The molecule has 0 aliphatic heterocycles. The van der Waals surface area contributed by atoms with Crippen LogP contribution in [0.1, 0.15) is 29.2 Å². The van der Waals surface area contributed by atoms with Gasteiger partial charge in [-0.25, -0.2) is 0 Å². The van der Waals surface area contributed by atoms with Gasteiger partial charge >= 0.3 is 0 Å². The molecule has 0 saturated carbocycles. The monoisotopic (exact) mass is 396 g/mol. The first-order chi connectivity index (χ1) is 15.3. The minimum Gasteiger partial charge on any atom is -0.0984 e. The zero-order chi connectivity index (χ0) is 21.5. The van der Waals surface area contributed by atoms with Gasteiger partial charge in [-0.05, 0) is 64.6 Å². The summed E-state index contributed by atoms with van der Waals surface area (Å²) in [7, 11) is 0. The molecule has 31 heavy (non-hydrogen) atoms. The summed E-state index contributed by atoms with van der Waals surface area (Å²) in [4.78, 5) is 0. The third-order valence-electron chi connectivity index (χ3n) is 5.21. The molecule has 0 heteroatoms. The lowest BCUT2D eigenvalue weighted by atomic mass is 9.99. The number of rotatable bonds is 4. The molecule has 0 atom stereocenters. The van der Waals surface area contributed by atoms with Crippen molar-refractivity contribution in [1.29, 1.82) is 0 Å². The van der Waals surface area contributed by atoms with Crippen LogP contribution in [0.2, 0.25) is 0 Å². The molecule has 4 rings (SSSR count). The molecule has 0 aliphatic carbocycles. The first kappa shape index (κ1) is 20.2. The van der Waals surface area contributed by atoms with Crippen molar-refractivity contribution in [3.8, 4) is 34.1 Å². The molecular formula is C31H24. The summed E-state index contributed by atoms with van der Waals surface area (Å²) in [6.45, 7) is 5.90. The fourth-order valence-corrected chi connectivity index (χ4v) is 3.54. The molecule has 0 fully saturated rings. The summed E-state index contributed by atoms with van der Waals surface area (Å²) < 4.78 is 0. The minimum absolute atomic E-state index is 0.999. The van der Waals surface area contributed by atoms with Crippen LogP contribution >= 0.6 is 0 Å². The Hall–Kier alpha value is -4.08. The van der Waals surface area contributed by atoms with Gasteiger partial charge in [-0.15, -0.1) is 0 Å². The van der Waals surface area contributed by atoms with E-state index in [4.69, 9.17) is 0 Å².